The highest BCUT2D eigenvalue weighted by atomic mass is 16.3. The van der Waals surface area contributed by atoms with Crippen molar-refractivity contribution in [2.75, 3.05) is 0 Å². The maximum Gasteiger partial charge on any atom is 0.145 e. The first-order chi connectivity index (χ1) is 26.8. The van der Waals surface area contributed by atoms with Gasteiger partial charge in [-0.2, -0.15) is 0 Å². The van der Waals surface area contributed by atoms with Gasteiger partial charge < -0.3 is 4.42 Å². The molecule has 0 radical (unpaired) electrons. The Kier molecular flexibility index (Phi) is 6.86. The number of rotatable bonds is 5. The third-order valence-corrected chi connectivity index (χ3v) is 10.8. The van der Waals surface area contributed by atoms with Gasteiger partial charge in [-0.05, 0) is 103 Å². The van der Waals surface area contributed by atoms with E-state index in [9.17, 15) is 0 Å². The van der Waals surface area contributed by atoms with Crippen molar-refractivity contribution < 1.29 is 4.42 Å². The molecule has 2 heterocycles. The molecule has 2 aromatic heterocycles. The second kappa shape index (κ2) is 12.2. The number of hydrogen-bond acceptors (Lipinski definition) is 2. The van der Waals surface area contributed by atoms with Gasteiger partial charge in [0.2, 0.25) is 0 Å². The summed E-state index contributed by atoms with van der Waals surface area (Å²) in [6, 6.07) is 69.2. The Labute approximate surface area is 312 Å². The van der Waals surface area contributed by atoms with Crippen molar-refractivity contribution in [3.63, 3.8) is 0 Å². The van der Waals surface area contributed by atoms with Crippen molar-refractivity contribution >= 4 is 54.5 Å². The Hall–Kier alpha value is -7.23. The van der Waals surface area contributed by atoms with Gasteiger partial charge in [-0.1, -0.05) is 146 Å². The summed E-state index contributed by atoms with van der Waals surface area (Å²) < 4.78 is 8.71. The molecule has 11 rings (SSSR count). The van der Waals surface area contributed by atoms with Crippen LogP contribution in [0.4, 0.5) is 0 Å². The zero-order chi connectivity index (χ0) is 35.6. The second-order valence-electron chi connectivity index (χ2n) is 13.9. The van der Waals surface area contributed by atoms with Crippen molar-refractivity contribution in [2.24, 2.45) is 0 Å². The number of para-hydroxylation sites is 4. The Morgan fingerprint density at radius 1 is 0.389 bits per heavy atom. The van der Waals surface area contributed by atoms with E-state index in [0.717, 1.165) is 55.6 Å². The van der Waals surface area contributed by atoms with Crippen molar-refractivity contribution in [2.45, 2.75) is 0 Å². The predicted molar refractivity (Wildman–Crippen MR) is 225 cm³/mol. The van der Waals surface area contributed by atoms with Crippen LogP contribution in [-0.4, -0.2) is 9.55 Å². The molecule has 54 heavy (non-hydrogen) atoms. The molecule has 3 nitrogen and oxygen atoms in total. The number of aromatic nitrogens is 2. The van der Waals surface area contributed by atoms with Crippen LogP contribution in [0.15, 0.2) is 199 Å². The third kappa shape index (κ3) is 4.72. The fraction of sp³-hybridized carbons (Fsp3) is 0. The van der Waals surface area contributed by atoms with Crippen LogP contribution in [0.1, 0.15) is 0 Å². The molecular formula is C51H32N2O. The van der Waals surface area contributed by atoms with Crippen LogP contribution >= 0.6 is 0 Å². The van der Waals surface area contributed by atoms with E-state index >= 15 is 0 Å². The average molecular weight is 689 g/mol. The molecule has 0 N–H and O–H groups in total. The normalized spacial score (nSPS) is 11.7. The van der Waals surface area contributed by atoms with Crippen LogP contribution in [-0.2, 0) is 0 Å². The van der Waals surface area contributed by atoms with E-state index < -0.39 is 0 Å². The van der Waals surface area contributed by atoms with E-state index in [0.29, 0.717) is 0 Å². The van der Waals surface area contributed by atoms with Gasteiger partial charge in [0.05, 0.1) is 11.0 Å². The van der Waals surface area contributed by atoms with Crippen molar-refractivity contribution in [1.29, 1.82) is 0 Å². The first-order valence-electron chi connectivity index (χ1n) is 18.4. The summed E-state index contributed by atoms with van der Waals surface area (Å²) in [5, 5.41) is 7.06. The molecule has 3 heteroatoms. The minimum atomic E-state index is 0.892. The summed E-state index contributed by atoms with van der Waals surface area (Å²) in [5.41, 5.74) is 13.1. The highest BCUT2D eigenvalue weighted by molar-refractivity contribution is 6.26. The largest absolute Gasteiger partial charge is 0.456 e. The van der Waals surface area contributed by atoms with E-state index in [-0.39, 0.29) is 0 Å². The summed E-state index contributed by atoms with van der Waals surface area (Å²) >= 11 is 0. The second-order valence-corrected chi connectivity index (χ2v) is 13.9. The number of nitrogens with zero attached hydrogens (tertiary/aromatic N) is 2. The van der Waals surface area contributed by atoms with Gasteiger partial charge in [0.15, 0.2) is 0 Å². The molecule has 0 saturated carbocycles. The van der Waals surface area contributed by atoms with Crippen LogP contribution < -0.4 is 0 Å². The summed E-state index contributed by atoms with van der Waals surface area (Å²) in [7, 11) is 0. The third-order valence-electron chi connectivity index (χ3n) is 10.8. The van der Waals surface area contributed by atoms with Crippen LogP contribution in [0.2, 0.25) is 0 Å². The van der Waals surface area contributed by atoms with Gasteiger partial charge in [0, 0.05) is 22.0 Å². The van der Waals surface area contributed by atoms with E-state index in [2.05, 4.69) is 193 Å². The first-order valence-corrected chi connectivity index (χ1v) is 18.4. The molecule has 0 aliphatic heterocycles. The molecule has 11 aromatic rings. The van der Waals surface area contributed by atoms with Crippen LogP contribution in [0, 0.1) is 0 Å². The topological polar surface area (TPSA) is 31.0 Å². The molecule has 0 spiro atoms. The van der Waals surface area contributed by atoms with E-state index in [1.807, 2.05) is 6.07 Å². The summed E-state index contributed by atoms with van der Waals surface area (Å²) in [6.07, 6.45) is 0. The number of fused-ring (bicyclic) bond motifs is 6. The number of hydrogen-bond donors (Lipinski definition) is 0. The molecule has 0 fully saturated rings. The minimum absolute atomic E-state index is 0.892. The molecular weight excluding hydrogens is 657 g/mol. The Balaban J connectivity index is 1.23. The maximum atomic E-state index is 6.44. The lowest BCUT2D eigenvalue weighted by Gasteiger charge is -2.19. The fourth-order valence-corrected chi connectivity index (χ4v) is 8.44. The van der Waals surface area contributed by atoms with Crippen molar-refractivity contribution in [3.05, 3.63) is 194 Å². The van der Waals surface area contributed by atoms with Crippen LogP contribution in [0.25, 0.3) is 105 Å². The summed E-state index contributed by atoms with van der Waals surface area (Å²) in [4.78, 5) is 5.22. The van der Waals surface area contributed by atoms with Crippen molar-refractivity contribution in [1.82, 2.24) is 9.55 Å². The standard InChI is InChI=1S/C51H32N2O/c1-3-15-33(16-4-1)34-29-30-40-43(32-34)49(42-24-14-28-47-50(42)41-23-9-12-27-46(41)54-47)39-22-8-7-21-38(39)48(40)35-17-13-18-36(31-35)51-52-44-25-10-11-26-45(44)53(51)37-19-5-2-6-20-37/h1-32H. The van der Waals surface area contributed by atoms with Gasteiger partial charge in [-0.3, -0.25) is 4.57 Å². The maximum absolute atomic E-state index is 6.44. The molecule has 9 aromatic carbocycles. The zero-order valence-corrected chi connectivity index (χ0v) is 29.3. The highest BCUT2D eigenvalue weighted by Crippen LogP contribution is 2.48. The van der Waals surface area contributed by atoms with Gasteiger partial charge in [0.1, 0.15) is 17.0 Å². The number of benzene rings is 9. The molecule has 0 bridgehead atoms. The van der Waals surface area contributed by atoms with Gasteiger partial charge >= 0.3 is 0 Å². The lowest BCUT2D eigenvalue weighted by Crippen LogP contribution is -1.97. The fourth-order valence-electron chi connectivity index (χ4n) is 8.44. The Bertz CT molecular complexity index is 3210. The average Bonchev–Trinajstić information content (AvgIpc) is 3.83. The molecule has 0 aliphatic rings. The molecule has 0 saturated heterocycles. The molecule has 0 unspecified atom stereocenters. The van der Waals surface area contributed by atoms with Crippen LogP contribution in [0.5, 0.6) is 0 Å². The van der Waals surface area contributed by atoms with Crippen molar-refractivity contribution in [3.8, 4) is 50.5 Å². The molecule has 0 amide bonds. The summed E-state index contributed by atoms with van der Waals surface area (Å²) in [5.74, 6) is 0.916. The molecule has 0 aliphatic carbocycles. The smallest absolute Gasteiger partial charge is 0.145 e. The van der Waals surface area contributed by atoms with Crippen LogP contribution in [0.3, 0.4) is 0 Å². The van der Waals surface area contributed by atoms with E-state index in [1.54, 1.807) is 0 Å². The Morgan fingerprint density at radius 2 is 1.02 bits per heavy atom. The quantitative estimate of drug-likeness (QED) is 0.169. The molecule has 252 valence electrons. The first kappa shape index (κ1) is 30.4. The SMILES string of the molecule is c1ccc(-c2ccc3c(-c4cccc(-c5nc6ccccc6n5-c5ccccc5)c4)c4ccccc4c(-c4cccc5oc6ccccc6c45)c3c2)cc1. The zero-order valence-electron chi connectivity index (χ0n) is 29.3. The minimum Gasteiger partial charge on any atom is -0.456 e. The van der Waals surface area contributed by atoms with Gasteiger partial charge in [-0.25, -0.2) is 4.98 Å². The number of furan rings is 1. The van der Waals surface area contributed by atoms with Gasteiger partial charge in [-0.15, -0.1) is 0 Å². The highest BCUT2D eigenvalue weighted by Gasteiger charge is 2.22. The monoisotopic (exact) mass is 688 g/mol. The Morgan fingerprint density at radius 3 is 1.87 bits per heavy atom. The van der Waals surface area contributed by atoms with E-state index in [1.165, 1.54) is 49.4 Å². The molecule has 0 atom stereocenters. The lowest BCUT2D eigenvalue weighted by atomic mass is 9.83. The number of imidazole rings is 1. The predicted octanol–water partition coefficient (Wildman–Crippen LogP) is 13.9. The van der Waals surface area contributed by atoms with Gasteiger partial charge in [0.25, 0.3) is 0 Å². The van der Waals surface area contributed by atoms with E-state index in [4.69, 9.17) is 9.40 Å². The lowest BCUT2D eigenvalue weighted by molar-refractivity contribution is 0.669. The summed E-state index contributed by atoms with van der Waals surface area (Å²) in [6.45, 7) is 0.